The van der Waals surface area contributed by atoms with E-state index in [4.69, 9.17) is 0 Å². The summed E-state index contributed by atoms with van der Waals surface area (Å²) in [4.78, 5) is 12.6. The second kappa shape index (κ2) is 6.70. The Balaban J connectivity index is 2.13. The van der Waals surface area contributed by atoms with Gasteiger partial charge in [-0.3, -0.25) is 0 Å². The third-order valence-corrected chi connectivity index (χ3v) is 4.17. The maximum Gasteiger partial charge on any atom is 0.224 e. The van der Waals surface area contributed by atoms with E-state index in [0.29, 0.717) is 12.0 Å². The molecule has 0 aliphatic rings. The molecule has 0 spiro atoms. The molecule has 0 aromatic carbocycles. The minimum atomic E-state index is 0.400. The second-order valence-corrected chi connectivity index (χ2v) is 6.00. The third-order valence-electron chi connectivity index (χ3n) is 3.27. The van der Waals surface area contributed by atoms with Crippen molar-refractivity contribution in [1.29, 1.82) is 0 Å². The van der Waals surface area contributed by atoms with E-state index >= 15 is 0 Å². The summed E-state index contributed by atoms with van der Waals surface area (Å²) < 4.78 is 0. The number of nitrogens with zero attached hydrogens (tertiary/aromatic N) is 3. The molecule has 0 bridgehead atoms. The number of aromatic nitrogens is 2. The van der Waals surface area contributed by atoms with Gasteiger partial charge < -0.3 is 10.2 Å². The fraction of sp³-hybridized carbons (Fsp3) is 0.467. The fourth-order valence-corrected chi connectivity index (χ4v) is 2.88. The van der Waals surface area contributed by atoms with Gasteiger partial charge in [0.25, 0.3) is 0 Å². The van der Waals surface area contributed by atoms with Gasteiger partial charge in [0.05, 0.1) is 0 Å². The standard InChI is InChI=1S/C15H22N4S/c1-5-16-15-17-11(2)9-14(18-15)19(4)12(3)10-13-7-6-8-20-13/h6-9,12H,5,10H2,1-4H3,(H,16,17,18). The molecule has 1 atom stereocenters. The smallest absolute Gasteiger partial charge is 0.224 e. The molecule has 0 amide bonds. The summed E-state index contributed by atoms with van der Waals surface area (Å²) >= 11 is 1.81. The molecule has 2 rings (SSSR count). The van der Waals surface area contributed by atoms with E-state index in [1.807, 2.05) is 13.0 Å². The summed E-state index contributed by atoms with van der Waals surface area (Å²) in [6.45, 7) is 7.11. The van der Waals surface area contributed by atoms with Crippen LogP contribution in [-0.2, 0) is 6.42 Å². The molecule has 2 aromatic heterocycles. The number of rotatable bonds is 6. The quantitative estimate of drug-likeness (QED) is 0.886. The van der Waals surface area contributed by atoms with Crippen LogP contribution in [-0.4, -0.2) is 29.6 Å². The zero-order valence-corrected chi connectivity index (χ0v) is 13.4. The van der Waals surface area contributed by atoms with Crippen LogP contribution in [0.4, 0.5) is 11.8 Å². The maximum absolute atomic E-state index is 4.58. The van der Waals surface area contributed by atoms with Crippen molar-refractivity contribution in [3.8, 4) is 0 Å². The van der Waals surface area contributed by atoms with Crippen LogP contribution in [0.25, 0.3) is 0 Å². The number of likely N-dealkylation sites (N-methyl/N-ethyl adjacent to an activating group) is 1. The van der Waals surface area contributed by atoms with Crippen molar-refractivity contribution < 1.29 is 0 Å². The van der Waals surface area contributed by atoms with Gasteiger partial charge >= 0.3 is 0 Å². The van der Waals surface area contributed by atoms with Crippen LogP contribution in [0.3, 0.4) is 0 Å². The van der Waals surface area contributed by atoms with Crippen LogP contribution in [0.2, 0.25) is 0 Å². The predicted molar refractivity (Wildman–Crippen MR) is 86.8 cm³/mol. The van der Waals surface area contributed by atoms with Gasteiger partial charge in [0.1, 0.15) is 5.82 Å². The number of aryl methyl sites for hydroxylation is 1. The third kappa shape index (κ3) is 3.70. The first kappa shape index (κ1) is 14.8. The molecule has 0 radical (unpaired) electrons. The van der Waals surface area contributed by atoms with Crippen molar-refractivity contribution >= 4 is 23.1 Å². The molecule has 2 aromatic rings. The summed E-state index contributed by atoms with van der Waals surface area (Å²) in [5.41, 5.74) is 0.987. The van der Waals surface area contributed by atoms with Gasteiger partial charge in [-0.2, -0.15) is 4.98 Å². The van der Waals surface area contributed by atoms with Crippen molar-refractivity contribution in [1.82, 2.24) is 9.97 Å². The van der Waals surface area contributed by atoms with Crippen molar-refractivity contribution in [3.05, 3.63) is 34.2 Å². The summed E-state index contributed by atoms with van der Waals surface area (Å²) in [5.74, 6) is 1.68. The Morgan fingerprint density at radius 3 is 2.85 bits per heavy atom. The van der Waals surface area contributed by atoms with E-state index in [0.717, 1.165) is 24.5 Å². The normalized spacial score (nSPS) is 12.2. The summed E-state index contributed by atoms with van der Waals surface area (Å²) in [6.07, 6.45) is 1.04. The lowest BCUT2D eigenvalue weighted by molar-refractivity contribution is 0.679. The molecule has 0 fully saturated rings. The second-order valence-electron chi connectivity index (χ2n) is 4.96. The van der Waals surface area contributed by atoms with Crippen LogP contribution in [0.15, 0.2) is 23.6 Å². The zero-order valence-electron chi connectivity index (χ0n) is 12.6. The van der Waals surface area contributed by atoms with Gasteiger partial charge in [-0.1, -0.05) is 6.07 Å². The Hall–Kier alpha value is -1.62. The Labute approximate surface area is 124 Å². The number of anilines is 2. The molecule has 1 N–H and O–H groups in total. The molecule has 4 nitrogen and oxygen atoms in total. The summed E-state index contributed by atoms with van der Waals surface area (Å²) in [6, 6.07) is 6.72. The average Bonchev–Trinajstić information content (AvgIpc) is 2.90. The van der Waals surface area contributed by atoms with E-state index in [1.165, 1.54) is 4.88 Å². The van der Waals surface area contributed by atoms with Crippen LogP contribution < -0.4 is 10.2 Å². The first-order chi connectivity index (χ1) is 9.60. The molecule has 108 valence electrons. The molecule has 0 aliphatic carbocycles. The highest BCUT2D eigenvalue weighted by Gasteiger charge is 2.14. The van der Waals surface area contributed by atoms with Crippen molar-refractivity contribution in [2.45, 2.75) is 33.2 Å². The number of hydrogen-bond donors (Lipinski definition) is 1. The highest BCUT2D eigenvalue weighted by molar-refractivity contribution is 7.09. The van der Waals surface area contributed by atoms with Crippen molar-refractivity contribution in [3.63, 3.8) is 0 Å². The van der Waals surface area contributed by atoms with Crippen molar-refractivity contribution in [2.24, 2.45) is 0 Å². The molecule has 2 heterocycles. The van der Waals surface area contributed by atoms with E-state index in [2.05, 4.69) is 58.6 Å². The van der Waals surface area contributed by atoms with Crippen LogP contribution >= 0.6 is 11.3 Å². The largest absolute Gasteiger partial charge is 0.356 e. The van der Waals surface area contributed by atoms with E-state index in [1.54, 1.807) is 11.3 Å². The molecule has 0 saturated carbocycles. The Morgan fingerprint density at radius 1 is 1.40 bits per heavy atom. The van der Waals surface area contributed by atoms with Gasteiger partial charge in [0, 0.05) is 42.7 Å². The maximum atomic E-state index is 4.58. The summed E-state index contributed by atoms with van der Waals surface area (Å²) in [5, 5.41) is 5.31. The van der Waals surface area contributed by atoms with Crippen LogP contribution in [0.1, 0.15) is 24.4 Å². The van der Waals surface area contributed by atoms with Crippen LogP contribution in [0.5, 0.6) is 0 Å². The highest BCUT2D eigenvalue weighted by atomic mass is 32.1. The number of hydrogen-bond acceptors (Lipinski definition) is 5. The molecule has 1 unspecified atom stereocenters. The molecule has 20 heavy (non-hydrogen) atoms. The zero-order chi connectivity index (χ0) is 14.5. The Bertz CT molecular complexity index is 539. The minimum Gasteiger partial charge on any atom is -0.356 e. The number of nitrogens with one attached hydrogen (secondary N) is 1. The van der Waals surface area contributed by atoms with Crippen LogP contribution in [0, 0.1) is 6.92 Å². The average molecular weight is 290 g/mol. The molecular formula is C15H22N4S. The van der Waals surface area contributed by atoms with Gasteiger partial charge in [-0.05, 0) is 32.2 Å². The van der Waals surface area contributed by atoms with Crippen molar-refractivity contribution in [2.75, 3.05) is 23.8 Å². The number of thiophene rings is 1. The van der Waals surface area contributed by atoms with Gasteiger partial charge in [0.2, 0.25) is 5.95 Å². The lowest BCUT2D eigenvalue weighted by Crippen LogP contribution is -2.31. The van der Waals surface area contributed by atoms with Gasteiger partial charge in [-0.15, -0.1) is 11.3 Å². The van der Waals surface area contributed by atoms with E-state index in [-0.39, 0.29) is 0 Å². The molecule has 5 heteroatoms. The monoisotopic (exact) mass is 290 g/mol. The predicted octanol–water partition coefficient (Wildman–Crippen LogP) is 3.35. The molecular weight excluding hydrogens is 268 g/mol. The van der Waals surface area contributed by atoms with Gasteiger partial charge in [0.15, 0.2) is 0 Å². The fourth-order valence-electron chi connectivity index (χ4n) is 2.05. The molecule has 0 saturated heterocycles. The Morgan fingerprint density at radius 2 is 2.20 bits per heavy atom. The SMILES string of the molecule is CCNc1nc(C)cc(N(C)C(C)Cc2cccs2)n1. The minimum absolute atomic E-state index is 0.400. The highest BCUT2D eigenvalue weighted by Crippen LogP contribution is 2.19. The van der Waals surface area contributed by atoms with E-state index < -0.39 is 0 Å². The lowest BCUT2D eigenvalue weighted by Gasteiger charge is -2.26. The topological polar surface area (TPSA) is 41.1 Å². The van der Waals surface area contributed by atoms with Gasteiger partial charge in [-0.25, -0.2) is 4.98 Å². The first-order valence-corrected chi connectivity index (χ1v) is 7.83. The van der Waals surface area contributed by atoms with E-state index in [9.17, 15) is 0 Å². The summed E-state index contributed by atoms with van der Waals surface area (Å²) in [7, 11) is 2.09. The Kier molecular flexibility index (Phi) is 4.95. The first-order valence-electron chi connectivity index (χ1n) is 6.95. The lowest BCUT2D eigenvalue weighted by atomic mass is 10.2. The molecule has 0 aliphatic heterocycles.